The molecule has 0 aliphatic heterocycles. The molecule has 0 aliphatic rings. The Hall–Kier alpha value is -4.62. The first kappa shape index (κ1) is 32.8. The average molecular weight is 659 g/mol. The van der Waals surface area contributed by atoms with Crippen LogP contribution < -0.4 is 15.4 Å². The molecule has 46 heavy (non-hydrogen) atoms. The van der Waals surface area contributed by atoms with Crippen LogP contribution in [0.5, 0.6) is 0 Å². The molecule has 10 nitrogen and oxygen atoms in total. The van der Waals surface area contributed by atoms with Gasteiger partial charge in [0.25, 0.3) is 0 Å². The highest BCUT2D eigenvalue weighted by Crippen LogP contribution is 2.30. The van der Waals surface area contributed by atoms with Gasteiger partial charge in [-0.25, -0.2) is 22.9 Å². The Bertz CT molecular complexity index is 1840. The number of rotatable bonds is 13. The average Bonchev–Trinajstić information content (AvgIpc) is 3.56. The van der Waals surface area contributed by atoms with Crippen molar-refractivity contribution < 1.29 is 27.9 Å². The fraction of sp³-hybridized carbons (Fsp3) is 0.206. The van der Waals surface area contributed by atoms with Gasteiger partial charge < -0.3 is 20.5 Å². The Morgan fingerprint density at radius 2 is 1.57 bits per heavy atom. The zero-order chi connectivity index (χ0) is 32.5. The number of aliphatic hydroxyl groups excluding tert-OH is 1. The third-order valence-corrected chi connectivity index (χ3v) is 9.89. The van der Waals surface area contributed by atoms with E-state index in [-0.39, 0.29) is 11.3 Å². The number of aliphatic hydroxyl groups is 1. The van der Waals surface area contributed by atoms with Gasteiger partial charge in [-0.05, 0) is 53.8 Å². The number of methoxy groups -OCH3 is 1. The van der Waals surface area contributed by atoms with Gasteiger partial charge in [0.15, 0.2) is 0 Å². The Balaban J connectivity index is 1.35. The topological polar surface area (TPSA) is 147 Å². The standard InChI is InChI=1S/C34H34N4O6S2/c1-44-34(41)37-32(31(24-11-4-2-5-12-24)25-13-6-3-7-14-25)33(40)36-28-15-9-8-10-23(28)16-17-26(21-39)38-46(42,43)27-18-19-29-30(20-27)45-22-35-29/h2-15,18-20,22,26,31-32,38-39H,16-17,21H2,1H3,(H,36,40)(H,37,41)/t26?,32-/m0/s1. The van der Waals surface area contributed by atoms with Crippen molar-refractivity contribution in [3.8, 4) is 0 Å². The number of alkyl carbamates (subject to hydrolysis) is 1. The molecular weight excluding hydrogens is 625 g/mol. The highest BCUT2D eigenvalue weighted by Gasteiger charge is 2.33. The molecule has 2 amide bonds. The number of nitrogens with one attached hydrogen (secondary N) is 3. The monoisotopic (exact) mass is 658 g/mol. The van der Waals surface area contributed by atoms with E-state index in [2.05, 4.69) is 20.3 Å². The molecule has 1 aromatic heterocycles. The number of ether oxygens (including phenoxy) is 1. The number of para-hydroxylation sites is 1. The molecule has 0 fully saturated rings. The van der Waals surface area contributed by atoms with Crippen molar-refractivity contribution in [1.29, 1.82) is 0 Å². The number of benzene rings is 4. The number of hydrogen-bond donors (Lipinski definition) is 4. The normalized spacial score (nSPS) is 12.8. The minimum Gasteiger partial charge on any atom is -0.453 e. The number of nitrogens with zero attached hydrogens (tertiary/aromatic N) is 1. The zero-order valence-electron chi connectivity index (χ0n) is 25.0. The quantitative estimate of drug-likeness (QED) is 0.138. The summed E-state index contributed by atoms with van der Waals surface area (Å²) in [6, 6.07) is 28.9. The summed E-state index contributed by atoms with van der Waals surface area (Å²) in [5.41, 5.74) is 5.24. The fourth-order valence-corrected chi connectivity index (χ4v) is 7.34. The van der Waals surface area contributed by atoms with E-state index in [1.165, 1.54) is 24.5 Å². The van der Waals surface area contributed by atoms with Crippen LogP contribution in [0.25, 0.3) is 10.2 Å². The SMILES string of the molecule is COC(=O)N[C@H](C(=O)Nc1ccccc1CCC(CO)NS(=O)(=O)c1ccc2ncsc2c1)C(c1ccccc1)c1ccccc1. The number of anilines is 1. The number of carbonyl (C=O) groups excluding carboxylic acids is 2. The van der Waals surface area contributed by atoms with Crippen LogP contribution in [0.4, 0.5) is 10.5 Å². The highest BCUT2D eigenvalue weighted by molar-refractivity contribution is 7.89. The van der Waals surface area contributed by atoms with Crippen LogP contribution in [-0.2, 0) is 26.0 Å². The number of aromatic nitrogens is 1. The number of hydrogen-bond acceptors (Lipinski definition) is 8. The molecule has 12 heteroatoms. The molecule has 5 rings (SSSR count). The number of sulfonamides is 1. The molecule has 0 saturated carbocycles. The molecule has 2 atom stereocenters. The molecule has 0 aliphatic carbocycles. The van der Waals surface area contributed by atoms with E-state index in [1.54, 1.807) is 29.8 Å². The summed E-state index contributed by atoms with van der Waals surface area (Å²) in [5.74, 6) is -1.00. The Morgan fingerprint density at radius 1 is 0.913 bits per heavy atom. The van der Waals surface area contributed by atoms with E-state index < -0.39 is 46.6 Å². The molecule has 238 valence electrons. The van der Waals surface area contributed by atoms with Crippen molar-refractivity contribution >= 4 is 49.3 Å². The second kappa shape index (κ2) is 15.1. The minimum atomic E-state index is -3.91. The number of thiazole rings is 1. The zero-order valence-corrected chi connectivity index (χ0v) is 26.6. The first-order valence-corrected chi connectivity index (χ1v) is 16.9. The lowest BCUT2D eigenvalue weighted by atomic mass is 9.84. The van der Waals surface area contributed by atoms with Crippen LogP contribution in [0.15, 0.2) is 114 Å². The summed E-state index contributed by atoms with van der Waals surface area (Å²) in [6.07, 6.45) is -0.155. The third-order valence-electron chi connectivity index (χ3n) is 7.58. The predicted octanol–water partition coefficient (Wildman–Crippen LogP) is 5.06. The van der Waals surface area contributed by atoms with Crippen molar-refractivity contribution in [3.63, 3.8) is 0 Å². The fourth-order valence-electron chi connectivity index (χ4n) is 5.26. The summed E-state index contributed by atoms with van der Waals surface area (Å²) in [6.45, 7) is -0.419. The van der Waals surface area contributed by atoms with Crippen LogP contribution in [0.1, 0.15) is 29.0 Å². The Morgan fingerprint density at radius 3 is 2.22 bits per heavy atom. The lowest BCUT2D eigenvalue weighted by molar-refractivity contribution is -0.118. The number of carbonyl (C=O) groups is 2. The maximum atomic E-state index is 14.0. The summed E-state index contributed by atoms with van der Waals surface area (Å²) < 4.78 is 34.5. The maximum absolute atomic E-state index is 14.0. The van der Waals surface area contributed by atoms with Crippen molar-refractivity contribution in [3.05, 3.63) is 125 Å². The van der Waals surface area contributed by atoms with Crippen LogP contribution in [0.2, 0.25) is 0 Å². The van der Waals surface area contributed by atoms with Crippen molar-refractivity contribution in [2.45, 2.75) is 35.7 Å². The van der Waals surface area contributed by atoms with Gasteiger partial charge in [-0.3, -0.25) is 4.79 Å². The number of fused-ring (bicyclic) bond motifs is 1. The van der Waals surface area contributed by atoms with Gasteiger partial charge in [0, 0.05) is 17.6 Å². The largest absolute Gasteiger partial charge is 0.453 e. The molecule has 0 saturated heterocycles. The molecule has 0 spiro atoms. The summed E-state index contributed by atoms with van der Waals surface area (Å²) >= 11 is 1.34. The second-order valence-corrected chi connectivity index (χ2v) is 13.2. The molecule has 4 aromatic carbocycles. The van der Waals surface area contributed by atoms with Gasteiger partial charge >= 0.3 is 6.09 Å². The molecule has 5 aromatic rings. The first-order chi connectivity index (χ1) is 22.3. The molecule has 0 bridgehead atoms. The van der Waals surface area contributed by atoms with E-state index in [0.717, 1.165) is 21.4 Å². The lowest BCUT2D eigenvalue weighted by Crippen LogP contribution is -2.48. The van der Waals surface area contributed by atoms with E-state index in [1.807, 2.05) is 72.8 Å². The van der Waals surface area contributed by atoms with E-state index >= 15 is 0 Å². The van der Waals surface area contributed by atoms with Gasteiger partial charge in [-0.15, -0.1) is 11.3 Å². The Labute approximate surface area is 271 Å². The molecule has 1 unspecified atom stereocenters. The van der Waals surface area contributed by atoms with Crippen LogP contribution in [-0.4, -0.2) is 56.3 Å². The molecule has 4 N–H and O–H groups in total. The summed E-state index contributed by atoms with van der Waals surface area (Å²) in [7, 11) is -2.68. The third kappa shape index (κ3) is 7.96. The van der Waals surface area contributed by atoms with Gasteiger partial charge in [-0.1, -0.05) is 78.9 Å². The van der Waals surface area contributed by atoms with Crippen molar-refractivity contribution in [2.75, 3.05) is 19.0 Å². The van der Waals surface area contributed by atoms with Crippen LogP contribution in [0.3, 0.4) is 0 Å². The van der Waals surface area contributed by atoms with Crippen molar-refractivity contribution in [2.24, 2.45) is 0 Å². The minimum absolute atomic E-state index is 0.0888. The van der Waals surface area contributed by atoms with Crippen LogP contribution in [0, 0.1) is 0 Å². The predicted molar refractivity (Wildman–Crippen MR) is 178 cm³/mol. The van der Waals surface area contributed by atoms with E-state index in [9.17, 15) is 23.1 Å². The van der Waals surface area contributed by atoms with Crippen LogP contribution >= 0.6 is 11.3 Å². The molecule has 1 heterocycles. The van der Waals surface area contributed by atoms with Crippen molar-refractivity contribution in [1.82, 2.24) is 15.0 Å². The molecule has 0 radical (unpaired) electrons. The Kier molecular flexibility index (Phi) is 10.8. The number of aryl methyl sites for hydroxylation is 1. The maximum Gasteiger partial charge on any atom is 0.407 e. The van der Waals surface area contributed by atoms with Gasteiger partial charge in [0.2, 0.25) is 15.9 Å². The lowest BCUT2D eigenvalue weighted by Gasteiger charge is -2.28. The highest BCUT2D eigenvalue weighted by atomic mass is 32.2. The smallest absolute Gasteiger partial charge is 0.407 e. The van der Waals surface area contributed by atoms with Gasteiger partial charge in [-0.2, -0.15) is 0 Å². The molecular formula is C34H34N4O6S2. The second-order valence-electron chi connectivity index (χ2n) is 10.6. The number of amides is 2. The van der Waals surface area contributed by atoms with Gasteiger partial charge in [0.05, 0.1) is 34.3 Å². The summed E-state index contributed by atoms with van der Waals surface area (Å²) in [5, 5.41) is 15.8. The van der Waals surface area contributed by atoms with Gasteiger partial charge in [0.1, 0.15) is 6.04 Å². The first-order valence-electron chi connectivity index (χ1n) is 14.6. The summed E-state index contributed by atoms with van der Waals surface area (Å²) in [4.78, 5) is 30.8. The van der Waals surface area contributed by atoms with E-state index in [4.69, 9.17) is 4.74 Å². The van der Waals surface area contributed by atoms with E-state index in [0.29, 0.717) is 17.6 Å².